The van der Waals surface area contributed by atoms with E-state index < -0.39 is 23.2 Å². The molecule has 0 aliphatic heterocycles. The number of carbonyl (C=O) groups excluding carboxylic acids is 1. The molecule has 0 radical (unpaired) electrons. The van der Waals surface area contributed by atoms with Gasteiger partial charge >= 0.3 is 0 Å². The third-order valence-corrected chi connectivity index (χ3v) is 4.40. The number of anilines is 2. The smallest absolute Gasteiger partial charge is 0.295 e. The first-order valence-corrected chi connectivity index (χ1v) is 8.96. The highest BCUT2D eigenvalue weighted by atomic mass is 127. The van der Waals surface area contributed by atoms with Gasteiger partial charge in [-0.2, -0.15) is 0 Å². The van der Waals surface area contributed by atoms with Gasteiger partial charge < -0.3 is 10.1 Å². The van der Waals surface area contributed by atoms with Gasteiger partial charge in [0.25, 0.3) is 5.91 Å². The normalized spacial score (nSPS) is 10.7. The van der Waals surface area contributed by atoms with Crippen LogP contribution in [0.25, 0.3) is 0 Å². The molecule has 0 aromatic heterocycles. The Morgan fingerprint density at radius 2 is 2.00 bits per heavy atom. The molecule has 140 valence electrons. The van der Waals surface area contributed by atoms with Gasteiger partial charge in [0.1, 0.15) is 0 Å². The van der Waals surface area contributed by atoms with E-state index >= 15 is 0 Å². The molecule has 0 saturated carbocycles. The Bertz CT molecular complexity index is 811. The Labute approximate surface area is 172 Å². The molecule has 0 unspecified atom stereocenters. The third-order valence-electron chi connectivity index (χ3n) is 3.17. The number of hydroxylamine groups is 1. The second-order valence-electron chi connectivity index (χ2n) is 4.91. The summed E-state index contributed by atoms with van der Waals surface area (Å²) >= 11 is 13.9. The number of hydrogen-bond donors (Lipinski definition) is 1. The fraction of sp³-hybridized carbons (Fsp3) is 0.188. The van der Waals surface area contributed by atoms with E-state index in [0.29, 0.717) is 10.3 Å². The van der Waals surface area contributed by atoms with Crippen LogP contribution in [0.3, 0.4) is 0 Å². The maximum atomic E-state index is 14.3. The maximum absolute atomic E-state index is 14.3. The molecule has 0 atom stereocenters. The van der Waals surface area contributed by atoms with Gasteiger partial charge in [0.2, 0.25) is 0 Å². The average molecular weight is 517 g/mol. The van der Waals surface area contributed by atoms with E-state index in [1.165, 1.54) is 7.11 Å². The number of amides is 1. The average Bonchev–Trinajstić information content (AvgIpc) is 2.60. The van der Waals surface area contributed by atoms with Gasteiger partial charge in [0.05, 0.1) is 35.2 Å². The number of methoxy groups -OCH3 is 1. The zero-order valence-corrected chi connectivity index (χ0v) is 17.0. The molecule has 2 rings (SSSR count). The zero-order valence-electron chi connectivity index (χ0n) is 13.4. The van der Waals surface area contributed by atoms with E-state index in [9.17, 15) is 13.6 Å². The van der Waals surface area contributed by atoms with Crippen LogP contribution in [-0.2, 0) is 9.57 Å². The lowest BCUT2D eigenvalue weighted by atomic mass is 10.1. The van der Waals surface area contributed by atoms with Gasteiger partial charge in [-0.3, -0.25) is 9.63 Å². The van der Waals surface area contributed by atoms with Crippen molar-refractivity contribution in [3.05, 3.63) is 56.1 Å². The Kier molecular flexibility index (Phi) is 7.84. The van der Waals surface area contributed by atoms with Crippen LogP contribution in [0.2, 0.25) is 5.02 Å². The molecule has 1 amide bonds. The van der Waals surface area contributed by atoms with Gasteiger partial charge in [-0.15, -0.1) is 4.58 Å². The monoisotopic (exact) mass is 516 g/mol. The summed E-state index contributed by atoms with van der Waals surface area (Å²) in [5, 5.41) is 2.92. The largest absolute Gasteiger partial charge is 0.382 e. The minimum atomic E-state index is -1.24. The Hall–Kier alpha value is -1.20. The number of carbonyl (C=O) groups is 1. The van der Waals surface area contributed by atoms with Crippen molar-refractivity contribution in [3.8, 4) is 0 Å². The molecule has 2 aromatic carbocycles. The van der Waals surface area contributed by atoms with Crippen LogP contribution in [0.4, 0.5) is 20.2 Å². The van der Waals surface area contributed by atoms with E-state index in [4.69, 9.17) is 33.0 Å². The van der Waals surface area contributed by atoms with Gasteiger partial charge in [-0.05, 0) is 52.9 Å². The molecule has 10 heteroatoms. The van der Waals surface area contributed by atoms with E-state index in [1.807, 2.05) is 0 Å². The van der Waals surface area contributed by atoms with Gasteiger partial charge in [-0.25, -0.2) is 8.78 Å². The highest BCUT2D eigenvalue weighted by Crippen LogP contribution is 2.32. The summed E-state index contributed by atoms with van der Waals surface area (Å²) < 4.78 is 34.1. The number of halogens is 5. The molecule has 5 nitrogen and oxygen atoms in total. The van der Waals surface area contributed by atoms with Crippen LogP contribution in [0.5, 0.6) is 0 Å². The lowest BCUT2D eigenvalue weighted by Crippen LogP contribution is -2.25. The number of rotatable bonds is 7. The Morgan fingerprint density at radius 3 is 2.65 bits per heavy atom. The first-order chi connectivity index (χ1) is 12.3. The van der Waals surface area contributed by atoms with Crippen LogP contribution in [0.1, 0.15) is 10.4 Å². The van der Waals surface area contributed by atoms with Crippen molar-refractivity contribution in [1.82, 2.24) is 4.58 Å². The molecule has 0 heterocycles. The number of nitrogens with zero attached hydrogens (tertiary/aromatic N) is 1. The van der Waals surface area contributed by atoms with Crippen molar-refractivity contribution in [2.45, 2.75) is 0 Å². The number of benzene rings is 2. The van der Waals surface area contributed by atoms with Crippen LogP contribution in [-0.4, -0.2) is 30.8 Å². The van der Waals surface area contributed by atoms with E-state index in [1.54, 1.807) is 18.2 Å². The molecule has 0 saturated heterocycles. The lowest BCUT2D eigenvalue weighted by molar-refractivity contribution is -0.0738. The fourth-order valence-corrected chi connectivity index (χ4v) is 2.99. The minimum absolute atomic E-state index is 0.00112. The summed E-state index contributed by atoms with van der Waals surface area (Å²) in [6.45, 7) is 0.193. The van der Waals surface area contributed by atoms with Crippen molar-refractivity contribution in [2.75, 3.05) is 25.6 Å². The molecule has 1 N–H and O–H groups in total. The molecule has 26 heavy (non-hydrogen) atoms. The second kappa shape index (κ2) is 9.65. The van der Waals surface area contributed by atoms with Crippen LogP contribution in [0.15, 0.2) is 30.3 Å². The molecular formula is C16H13Cl2F2IN2O3. The predicted molar refractivity (Wildman–Crippen MR) is 104 cm³/mol. The van der Waals surface area contributed by atoms with Gasteiger partial charge in [0.15, 0.2) is 11.6 Å². The summed E-state index contributed by atoms with van der Waals surface area (Å²) in [4.78, 5) is 17.4. The Balaban J connectivity index is 2.35. The summed E-state index contributed by atoms with van der Waals surface area (Å²) in [5.74, 6) is -3.26. The molecule has 0 aliphatic rings. The quantitative estimate of drug-likeness (QED) is 0.239. The first kappa shape index (κ1) is 21.1. The van der Waals surface area contributed by atoms with Crippen molar-refractivity contribution < 1.29 is 23.1 Å². The molecule has 2 aromatic rings. The molecule has 0 fully saturated rings. The predicted octanol–water partition coefficient (Wildman–Crippen LogP) is 5.14. The van der Waals surface area contributed by atoms with Crippen molar-refractivity contribution >= 4 is 63.3 Å². The summed E-state index contributed by atoms with van der Waals surface area (Å²) in [7, 11) is 1.45. The number of nitrogens with one attached hydrogen (secondary N) is 1. The minimum Gasteiger partial charge on any atom is -0.382 e. The zero-order chi connectivity index (χ0) is 19.3. The third kappa shape index (κ3) is 5.17. The molecule has 0 aliphatic carbocycles. The van der Waals surface area contributed by atoms with Crippen LogP contribution in [0, 0.1) is 15.2 Å². The summed E-state index contributed by atoms with van der Waals surface area (Å²) in [6.07, 6.45) is 0. The van der Waals surface area contributed by atoms with Gasteiger partial charge in [-0.1, -0.05) is 11.6 Å². The van der Waals surface area contributed by atoms with Crippen molar-refractivity contribution in [2.24, 2.45) is 0 Å². The first-order valence-electron chi connectivity index (χ1n) is 7.17. The summed E-state index contributed by atoms with van der Waals surface area (Å²) in [5.41, 5.74) is -0.336. The van der Waals surface area contributed by atoms with Crippen LogP contribution >= 0.6 is 46.0 Å². The number of hydrogen-bond acceptors (Lipinski definition) is 4. The Morgan fingerprint density at radius 1 is 1.27 bits per heavy atom. The topological polar surface area (TPSA) is 50.8 Å². The van der Waals surface area contributed by atoms with Crippen molar-refractivity contribution in [3.63, 3.8) is 0 Å². The van der Waals surface area contributed by atoms with E-state index in [-0.39, 0.29) is 23.8 Å². The molecular weight excluding hydrogens is 504 g/mol. The standard InChI is InChI=1S/C16H13Cl2F2IN2O3/c1-25-6-7-26-23(18)16(24)10-3-4-12(19)14(20)15(10)22-13-5-2-9(21)8-11(13)17/h2-5,8,22H,6-7H2,1H3. The van der Waals surface area contributed by atoms with Gasteiger partial charge in [0, 0.05) is 22.5 Å². The van der Waals surface area contributed by atoms with Crippen LogP contribution < -0.4 is 5.32 Å². The van der Waals surface area contributed by atoms with Crippen molar-refractivity contribution in [1.29, 1.82) is 0 Å². The summed E-state index contributed by atoms with van der Waals surface area (Å²) in [6, 6.07) is 6.85. The highest BCUT2D eigenvalue weighted by molar-refractivity contribution is 14.1. The molecule has 0 spiro atoms. The maximum Gasteiger partial charge on any atom is 0.295 e. The fourth-order valence-electron chi connectivity index (χ4n) is 1.93. The van der Waals surface area contributed by atoms with E-state index in [2.05, 4.69) is 27.9 Å². The highest BCUT2D eigenvalue weighted by Gasteiger charge is 2.24. The van der Waals surface area contributed by atoms with E-state index in [0.717, 1.165) is 15.7 Å². The lowest BCUT2D eigenvalue weighted by Gasteiger charge is -2.17. The number of ether oxygens (including phenoxy) is 1. The SMILES string of the molecule is COCCON(Cl)C(=O)c1ccc(F)c(F)c1Nc1ccc(I)cc1Cl. The second-order valence-corrected chi connectivity index (χ2v) is 6.87. The molecule has 0 bridgehead atoms.